The highest BCUT2D eigenvalue weighted by molar-refractivity contribution is 7.19. The summed E-state index contributed by atoms with van der Waals surface area (Å²) < 4.78 is 0.818. The van der Waals surface area contributed by atoms with Crippen molar-refractivity contribution < 1.29 is 0 Å². The molecule has 1 heterocycles. The lowest BCUT2D eigenvalue weighted by Crippen LogP contribution is -1.99. The normalized spacial score (nSPS) is 10.0. The van der Waals surface area contributed by atoms with Gasteiger partial charge >= 0.3 is 0 Å². The van der Waals surface area contributed by atoms with Crippen LogP contribution in [0.3, 0.4) is 0 Å². The Bertz CT molecular complexity index is 212. The molecule has 0 aliphatic rings. The summed E-state index contributed by atoms with van der Waals surface area (Å²) in [6.07, 6.45) is 0.983. The Morgan fingerprint density at radius 3 is 2.82 bits per heavy atom. The second-order valence-electron chi connectivity index (χ2n) is 2.07. The van der Waals surface area contributed by atoms with Crippen LogP contribution in [-0.2, 0) is 0 Å². The van der Waals surface area contributed by atoms with Crippen LogP contribution in [0.4, 0.5) is 5.00 Å². The van der Waals surface area contributed by atoms with E-state index in [9.17, 15) is 0 Å². The van der Waals surface area contributed by atoms with Crippen molar-refractivity contribution in [3.05, 3.63) is 16.5 Å². The molecule has 4 heteroatoms. The third kappa shape index (κ3) is 3.32. The van der Waals surface area contributed by atoms with Crippen LogP contribution in [0.15, 0.2) is 12.1 Å². The minimum absolute atomic E-state index is 0.701. The van der Waals surface area contributed by atoms with Crippen LogP contribution in [-0.4, -0.2) is 12.4 Å². The maximum atomic E-state index is 5.73. The standard InChI is InChI=1S/C7H9Cl2NS/c8-4-1-5-10-7-3-2-6(9)11-7/h2-3,10H,1,4-5H2. The minimum Gasteiger partial charge on any atom is -0.377 e. The third-order valence-electron chi connectivity index (χ3n) is 1.18. The predicted molar refractivity (Wildman–Crippen MR) is 53.2 cm³/mol. The van der Waals surface area contributed by atoms with Crippen molar-refractivity contribution in [2.24, 2.45) is 0 Å². The molecule has 0 unspecified atom stereocenters. The van der Waals surface area contributed by atoms with E-state index in [1.807, 2.05) is 12.1 Å². The Kier molecular flexibility index (Phi) is 4.05. The Balaban J connectivity index is 2.27. The van der Waals surface area contributed by atoms with Crippen molar-refractivity contribution >= 4 is 39.5 Å². The highest BCUT2D eigenvalue weighted by atomic mass is 35.5. The van der Waals surface area contributed by atoms with E-state index in [-0.39, 0.29) is 0 Å². The zero-order chi connectivity index (χ0) is 8.10. The summed E-state index contributed by atoms with van der Waals surface area (Å²) in [4.78, 5) is 0. The first kappa shape index (κ1) is 9.17. The molecule has 0 atom stereocenters. The number of halogens is 2. The van der Waals surface area contributed by atoms with Crippen LogP contribution >= 0.6 is 34.5 Å². The van der Waals surface area contributed by atoms with Gasteiger partial charge in [0, 0.05) is 12.4 Å². The van der Waals surface area contributed by atoms with Crippen LogP contribution in [0.1, 0.15) is 6.42 Å². The smallest absolute Gasteiger partial charge is 0.0950 e. The summed E-state index contributed by atoms with van der Waals surface area (Å²) in [6, 6.07) is 3.86. The van der Waals surface area contributed by atoms with E-state index in [0.29, 0.717) is 5.88 Å². The first-order valence-corrected chi connectivity index (χ1v) is 5.11. The molecule has 0 aliphatic heterocycles. The SMILES string of the molecule is ClCCCNc1ccc(Cl)s1. The van der Waals surface area contributed by atoms with Gasteiger partial charge in [0.25, 0.3) is 0 Å². The van der Waals surface area contributed by atoms with E-state index < -0.39 is 0 Å². The van der Waals surface area contributed by atoms with Crippen molar-refractivity contribution in [2.45, 2.75) is 6.42 Å². The van der Waals surface area contributed by atoms with Gasteiger partial charge in [-0.2, -0.15) is 0 Å². The predicted octanol–water partition coefficient (Wildman–Crippen LogP) is 3.44. The number of rotatable bonds is 4. The van der Waals surface area contributed by atoms with E-state index in [0.717, 1.165) is 22.3 Å². The van der Waals surface area contributed by atoms with Crippen LogP contribution in [0, 0.1) is 0 Å². The van der Waals surface area contributed by atoms with E-state index in [4.69, 9.17) is 23.2 Å². The molecule has 1 rings (SSSR count). The summed E-state index contributed by atoms with van der Waals surface area (Å²) in [5.74, 6) is 0.701. The number of hydrogen-bond acceptors (Lipinski definition) is 2. The summed E-state index contributed by atoms with van der Waals surface area (Å²) in [5.41, 5.74) is 0. The fourth-order valence-corrected chi connectivity index (χ4v) is 1.79. The first-order chi connectivity index (χ1) is 5.33. The second kappa shape index (κ2) is 4.86. The summed E-state index contributed by atoms with van der Waals surface area (Å²) >= 11 is 12.8. The molecular weight excluding hydrogens is 201 g/mol. The monoisotopic (exact) mass is 209 g/mol. The van der Waals surface area contributed by atoms with Gasteiger partial charge in [-0.1, -0.05) is 11.6 Å². The Hall–Kier alpha value is 0.0800. The fourth-order valence-electron chi connectivity index (χ4n) is 0.688. The van der Waals surface area contributed by atoms with Crippen molar-refractivity contribution in [3.63, 3.8) is 0 Å². The first-order valence-electron chi connectivity index (χ1n) is 3.38. The van der Waals surface area contributed by atoms with Crippen molar-refractivity contribution in [3.8, 4) is 0 Å². The molecule has 62 valence electrons. The number of hydrogen-bond donors (Lipinski definition) is 1. The van der Waals surface area contributed by atoms with Gasteiger partial charge in [-0.25, -0.2) is 0 Å². The van der Waals surface area contributed by atoms with Gasteiger partial charge in [-0.3, -0.25) is 0 Å². The molecule has 0 bridgehead atoms. The van der Waals surface area contributed by atoms with Crippen LogP contribution in [0.5, 0.6) is 0 Å². The molecular formula is C7H9Cl2NS. The van der Waals surface area contributed by atoms with Gasteiger partial charge in [0.1, 0.15) is 0 Å². The molecule has 0 fully saturated rings. The molecule has 11 heavy (non-hydrogen) atoms. The maximum Gasteiger partial charge on any atom is 0.0950 e. The molecule has 1 nitrogen and oxygen atoms in total. The zero-order valence-corrected chi connectivity index (χ0v) is 8.27. The molecule has 1 N–H and O–H groups in total. The van der Waals surface area contributed by atoms with Crippen LogP contribution in [0.25, 0.3) is 0 Å². The van der Waals surface area contributed by atoms with Crippen molar-refractivity contribution in [1.29, 1.82) is 0 Å². The molecule has 0 spiro atoms. The largest absolute Gasteiger partial charge is 0.377 e. The van der Waals surface area contributed by atoms with E-state index in [2.05, 4.69) is 5.32 Å². The summed E-state index contributed by atoms with van der Waals surface area (Å²) in [6.45, 7) is 0.917. The minimum atomic E-state index is 0.701. The molecule has 0 saturated heterocycles. The Morgan fingerprint density at radius 2 is 2.27 bits per heavy atom. The van der Waals surface area contributed by atoms with Crippen molar-refractivity contribution in [2.75, 3.05) is 17.7 Å². The molecule has 0 aliphatic carbocycles. The molecule has 0 saturated carbocycles. The number of anilines is 1. The number of thiophene rings is 1. The van der Waals surface area contributed by atoms with Gasteiger partial charge in [0.2, 0.25) is 0 Å². The maximum absolute atomic E-state index is 5.73. The lowest BCUT2D eigenvalue weighted by molar-refractivity contribution is 0.991. The van der Waals surface area contributed by atoms with Crippen molar-refractivity contribution in [1.82, 2.24) is 0 Å². The lowest BCUT2D eigenvalue weighted by Gasteiger charge is -1.98. The molecule has 0 radical (unpaired) electrons. The van der Waals surface area contributed by atoms with Gasteiger partial charge in [-0.05, 0) is 18.6 Å². The molecule has 0 amide bonds. The van der Waals surface area contributed by atoms with Gasteiger partial charge in [0.15, 0.2) is 0 Å². The highest BCUT2D eigenvalue weighted by Crippen LogP contribution is 2.25. The zero-order valence-electron chi connectivity index (χ0n) is 5.94. The quantitative estimate of drug-likeness (QED) is 0.592. The van der Waals surface area contributed by atoms with Crippen LogP contribution < -0.4 is 5.32 Å². The highest BCUT2D eigenvalue weighted by Gasteiger charge is 1.94. The van der Waals surface area contributed by atoms with E-state index in [1.54, 1.807) is 11.3 Å². The summed E-state index contributed by atoms with van der Waals surface area (Å²) in [5, 5.41) is 4.33. The third-order valence-corrected chi connectivity index (χ3v) is 2.64. The fraction of sp³-hybridized carbons (Fsp3) is 0.429. The van der Waals surface area contributed by atoms with Gasteiger partial charge < -0.3 is 5.32 Å². The van der Waals surface area contributed by atoms with Gasteiger partial charge in [-0.15, -0.1) is 22.9 Å². The van der Waals surface area contributed by atoms with E-state index >= 15 is 0 Å². The number of alkyl halides is 1. The number of nitrogens with one attached hydrogen (secondary N) is 1. The molecule has 0 aromatic carbocycles. The topological polar surface area (TPSA) is 12.0 Å². The lowest BCUT2D eigenvalue weighted by atomic mass is 10.5. The summed E-state index contributed by atoms with van der Waals surface area (Å²) in [7, 11) is 0. The average molecular weight is 210 g/mol. The molecule has 1 aromatic heterocycles. The van der Waals surface area contributed by atoms with Gasteiger partial charge in [0.05, 0.1) is 9.34 Å². The van der Waals surface area contributed by atoms with E-state index in [1.165, 1.54) is 0 Å². The Labute approximate surface area is 80.3 Å². The average Bonchev–Trinajstić information content (AvgIpc) is 2.37. The Morgan fingerprint density at radius 1 is 1.45 bits per heavy atom. The second-order valence-corrected chi connectivity index (χ2v) is 4.17. The molecule has 1 aromatic rings. The van der Waals surface area contributed by atoms with Crippen LogP contribution in [0.2, 0.25) is 4.34 Å².